The fraction of sp³-hybridized carbons (Fsp3) is 0.208. The van der Waals surface area contributed by atoms with Crippen molar-refractivity contribution in [3.05, 3.63) is 108 Å². The van der Waals surface area contributed by atoms with Crippen LogP contribution in [0.5, 0.6) is 0 Å². The third-order valence-electron chi connectivity index (χ3n) is 5.30. The molecular formula is C24H25N3. The van der Waals surface area contributed by atoms with E-state index in [1.165, 1.54) is 16.7 Å². The highest BCUT2D eigenvalue weighted by molar-refractivity contribution is 5.83. The van der Waals surface area contributed by atoms with E-state index in [0.29, 0.717) is 0 Å². The highest BCUT2D eigenvalue weighted by atomic mass is 15.4. The summed E-state index contributed by atoms with van der Waals surface area (Å²) in [5.74, 6) is 1.02. The van der Waals surface area contributed by atoms with E-state index in [0.717, 1.165) is 19.0 Å². The van der Waals surface area contributed by atoms with Gasteiger partial charge in [-0.2, -0.15) is 0 Å². The zero-order chi connectivity index (χ0) is 18.7. The van der Waals surface area contributed by atoms with Gasteiger partial charge in [0, 0.05) is 27.2 Å². The number of hydrogen-bond acceptors (Lipinski definition) is 1. The average Bonchev–Trinajstić information content (AvgIpc) is 3.05. The minimum absolute atomic E-state index is 0.591. The molecule has 3 aromatic carbocycles. The number of aliphatic imine (C=N–C) groups is 1. The highest BCUT2D eigenvalue weighted by Gasteiger charge is 2.38. The van der Waals surface area contributed by atoms with Crippen molar-refractivity contribution in [3.8, 4) is 0 Å². The molecule has 0 spiro atoms. The molecule has 136 valence electrons. The molecule has 3 nitrogen and oxygen atoms in total. The van der Waals surface area contributed by atoms with E-state index in [2.05, 4.69) is 115 Å². The lowest BCUT2D eigenvalue weighted by Gasteiger charge is -2.34. The molecule has 4 rings (SSSR count). The van der Waals surface area contributed by atoms with Crippen molar-refractivity contribution < 1.29 is 0 Å². The van der Waals surface area contributed by atoms with Crippen LogP contribution in [0.2, 0.25) is 0 Å². The summed E-state index contributed by atoms with van der Waals surface area (Å²) in [4.78, 5) is 9.93. The summed E-state index contributed by atoms with van der Waals surface area (Å²) in [6, 6.07) is 31.8. The smallest absolute Gasteiger partial charge is 0.197 e. The predicted octanol–water partition coefficient (Wildman–Crippen LogP) is 4.21. The van der Waals surface area contributed by atoms with Gasteiger partial charge in [0.1, 0.15) is 5.54 Å². The zero-order valence-electron chi connectivity index (χ0n) is 15.9. The van der Waals surface area contributed by atoms with Gasteiger partial charge in [-0.05, 0) is 16.7 Å². The Morgan fingerprint density at radius 3 is 1.26 bits per heavy atom. The number of guanidine groups is 1. The molecule has 0 saturated carbocycles. The van der Waals surface area contributed by atoms with Crippen molar-refractivity contribution in [3.63, 3.8) is 0 Å². The van der Waals surface area contributed by atoms with Crippen molar-refractivity contribution in [2.75, 3.05) is 27.2 Å². The van der Waals surface area contributed by atoms with Crippen molar-refractivity contribution in [1.82, 2.24) is 9.80 Å². The molecule has 3 aromatic rings. The first-order valence-electron chi connectivity index (χ1n) is 9.40. The lowest BCUT2D eigenvalue weighted by molar-refractivity contribution is 0.538. The van der Waals surface area contributed by atoms with Gasteiger partial charge in [0.2, 0.25) is 0 Å². The molecule has 1 aliphatic heterocycles. The SMILES string of the molecule is CN1CCN(C)C1=NC(c1ccccc1)(c1ccccc1)c1ccccc1. The predicted molar refractivity (Wildman–Crippen MR) is 112 cm³/mol. The average molecular weight is 355 g/mol. The van der Waals surface area contributed by atoms with Crippen LogP contribution in [0.4, 0.5) is 0 Å². The fourth-order valence-corrected chi connectivity index (χ4v) is 3.84. The molecule has 1 heterocycles. The van der Waals surface area contributed by atoms with Crippen LogP contribution in [0.1, 0.15) is 16.7 Å². The van der Waals surface area contributed by atoms with Crippen LogP contribution in [0.3, 0.4) is 0 Å². The lowest BCUT2D eigenvalue weighted by Crippen LogP contribution is -2.35. The van der Waals surface area contributed by atoms with E-state index in [9.17, 15) is 0 Å². The number of rotatable bonds is 4. The molecule has 0 atom stereocenters. The molecule has 27 heavy (non-hydrogen) atoms. The second kappa shape index (κ2) is 7.28. The van der Waals surface area contributed by atoms with Crippen LogP contribution in [-0.4, -0.2) is 42.9 Å². The van der Waals surface area contributed by atoms with Gasteiger partial charge in [0.05, 0.1) is 0 Å². The van der Waals surface area contributed by atoms with Crippen LogP contribution >= 0.6 is 0 Å². The maximum absolute atomic E-state index is 5.45. The van der Waals surface area contributed by atoms with Crippen LogP contribution < -0.4 is 0 Å². The van der Waals surface area contributed by atoms with E-state index >= 15 is 0 Å². The molecule has 0 aliphatic carbocycles. The second-order valence-electron chi connectivity index (χ2n) is 7.06. The summed E-state index contributed by atoms with van der Waals surface area (Å²) < 4.78 is 0. The molecule has 0 radical (unpaired) electrons. The Labute approximate surface area is 161 Å². The maximum atomic E-state index is 5.45. The molecule has 0 bridgehead atoms. The first-order chi connectivity index (χ1) is 13.2. The normalized spacial score (nSPS) is 14.5. The Balaban J connectivity index is 2.05. The van der Waals surface area contributed by atoms with Gasteiger partial charge in [-0.25, -0.2) is 4.99 Å². The largest absolute Gasteiger partial charge is 0.344 e. The van der Waals surface area contributed by atoms with Gasteiger partial charge in [-0.3, -0.25) is 0 Å². The summed E-state index contributed by atoms with van der Waals surface area (Å²) in [6.07, 6.45) is 0. The van der Waals surface area contributed by atoms with Crippen LogP contribution in [0.25, 0.3) is 0 Å². The van der Waals surface area contributed by atoms with Crippen LogP contribution in [0.15, 0.2) is 96.0 Å². The van der Waals surface area contributed by atoms with Gasteiger partial charge in [-0.1, -0.05) is 91.0 Å². The van der Waals surface area contributed by atoms with Gasteiger partial charge in [0.25, 0.3) is 0 Å². The molecule has 0 unspecified atom stereocenters. The first-order valence-corrected chi connectivity index (χ1v) is 9.40. The number of nitrogens with zero attached hydrogens (tertiary/aromatic N) is 3. The third-order valence-corrected chi connectivity index (χ3v) is 5.30. The van der Waals surface area contributed by atoms with Crippen LogP contribution in [0, 0.1) is 0 Å². The van der Waals surface area contributed by atoms with E-state index < -0.39 is 5.54 Å². The zero-order valence-corrected chi connectivity index (χ0v) is 15.9. The summed E-state index contributed by atoms with van der Waals surface area (Å²) in [7, 11) is 4.24. The minimum atomic E-state index is -0.591. The van der Waals surface area contributed by atoms with E-state index in [-0.39, 0.29) is 0 Å². The van der Waals surface area contributed by atoms with Crippen molar-refractivity contribution in [2.45, 2.75) is 5.54 Å². The number of likely N-dealkylation sites (N-methyl/N-ethyl adjacent to an activating group) is 2. The summed E-state index contributed by atoms with van der Waals surface area (Å²) in [5.41, 5.74) is 2.92. The Morgan fingerprint density at radius 1 is 0.593 bits per heavy atom. The van der Waals surface area contributed by atoms with Crippen molar-refractivity contribution in [1.29, 1.82) is 0 Å². The summed E-state index contributed by atoms with van der Waals surface area (Å²) >= 11 is 0. The molecule has 0 aromatic heterocycles. The van der Waals surface area contributed by atoms with Crippen LogP contribution in [-0.2, 0) is 5.54 Å². The molecule has 1 aliphatic rings. The molecule has 3 heteroatoms. The molecule has 0 N–H and O–H groups in total. The van der Waals surface area contributed by atoms with E-state index in [1.807, 2.05) is 0 Å². The summed E-state index contributed by atoms with van der Waals surface area (Å²) in [5, 5.41) is 0. The number of benzene rings is 3. The molecule has 0 amide bonds. The van der Waals surface area contributed by atoms with Gasteiger partial charge >= 0.3 is 0 Å². The Bertz CT molecular complexity index is 795. The van der Waals surface area contributed by atoms with Gasteiger partial charge in [-0.15, -0.1) is 0 Å². The van der Waals surface area contributed by atoms with Crippen molar-refractivity contribution in [2.24, 2.45) is 4.99 Å². The first kappa shape index (κ1) is 17.3. The maximum Gasteiger partial charge on any atom is 0.197 e. The topological polar surface area (TPSA) is 18.8 Å². The molecule has 1 fully saturated rings. The quantitative estimate of drug-likeness (QED) is 0.653. The van der Waals surface area contributed by atoms with E-state index in [4.69, 9.17) is 4.99 Å². The Kier molecular flexibility index (Phi) is 4.68. The Hall–Kier alpha value is -3.07. The molecular weight excluding hydrogens is 330 g/mol. The highest BCUT2D eigenvalue weighted by Crippen LogP contribution is 2.41. The second-order valence-corrected chi connectivity index (χ2v) is 7.06. The minimum Gasteiger partial charge on any atom is -0.344 e. The van der Waals surface area contributed by atoms with Gasteiger partial charge in [0.15, 0.2) is 5.96 Å². The summed E-state index contributed by atoms with van der Waals surface area (Å²) in [6.45, 7) is 1.98. The standard InChI is InChI=1S/C24H25N3/c1-26-18-19-27(2)23(26)25-24(20-12-6-3-7-13-20,21-14-8-4-9-15-21)22-16-10-5-11-17-22/h3-17H,18-19H2,1-2H3. The monoisotopic (exact) mass is 355 g/mol. The fourth-order valence-electron chi connectivity index (χ4n) is 3.84. The molecule has 1 saturated heterocycles. The third kappa shape index (κ3) is 3.10. The number of hydrogen-bond donors (Lipinski definition) is 0. The lowest BCUT2D eigenvalue weighted by atomic mass is 9.77. The Morgan fingerprint density at radius 2 is 0.926 bits per heavy atom. The van der Waals surface area contributed by atoms with E-state index in [1.54, 1.807) is 0 Å². The van der Waals surface area contributed by atoms with Gasteiger partial charge < -0.3 is 9.80 Å². The van der Waals surface area contributed by atoms with Crippen molar-refractivity contribution >= 4 is 5.96 Å².